The van der Waals surface area contributed by atoms with Crippen molar-refractivity contribution in [2.45, 2.75) is 25.0 Å². The Balaban J connectivity index is 1.49. The van der Waals surface area contributed by atoms with Crippen LogP contribution in [0.1, 0.15) is 16.0 Å². The van der Waals surface area contributed by atoms with Crippen molar-refractivity contribution in [2.24, 2.45) is 0 Å². The van der Waals surface area contributed by atoms with Crippen molar-refractivity contribution in [3.05, 3.63) is 81.0 Å². The van der Waals surface area contributed by atoms with Crippen LogP contribution in [0.5, 0.6) is 5.75 Å². The highest BCUT2D eigenvalue weighted by Crippen LogP contribution is 2.34. The van der Waals surface area contributed by atoms with Crippen LogP contribution in [0.4, 0.5) is 0 Å². The van der Waals surface area contributed by atoms with Gasteiger partial charge in [-0.25, -0.2) is 4.98 Å². The van der Waals surface area contributed by atoms with Gasteiger partial charge in [0, 0.05) is 23.7 Å². The zero-order valence-electron chi connectivity index (χ0n) is 18.2. The van der Waals surface area contributed by atoms with E-state index in [1.807, 2.05) is 61.5 Å². The number of para-hydroxylation sites is 2. The van der Waals surface area contributed by atoms with Gasteiger partial charge in [0.05, 0.1) is 17.7 Å². The number of rotatable bonds is 6. The molecule has 5 nitrogen and oxygen atoms in total. The fourth-order valence-corrected chi connectivity index (χ4v) is 6.23. The monoisotopic (exact) mass is 463 g/mol. The minimum absolute atomic E-state index is 0.0329. The minimum Gasteiger partial charge on any atom is -0.492 e. The maximum Gasteiger partial charge on any atom is 0.267 e. The number of thioether (sulfide) groups is 1. The Morgan fingerprint density at radius 1 is 1.12 bits per heavy atom. The van der Waals surface area contributed by atoms with Gasteiger partial charge >= 0.3 is 0 Å². The van der Waals surface area contributed by atoms with E-state index in [2.05, 4.69) is 11.9 Å². The lowest BCUT2D eigenvalue weighted by Gasteiger charge is -2.21. The quantitative estimate of drug-likeness (QED) is 0.231. The fourth-order valence-electron chi connectivity index (χ4n) is 4.06. The summed E-state index contributed by atoms with van der Waals surface area (Å²) in [6.45, 7) is 4.44. The summed E-state index contributed by atoms with van der Waals surface area (Å²) in [6, 6.07) is 17.8. The molecule has 0 saturated carbocycles. The Morgan fingerprint density at radius 3 is 2.72 bits per heavy atom. The van der Waals surface area contributed by atoms with Crippen molar-refractivity contribution >= 4 is 33.3 Å². The van der Waals surface area contributed by atoms with Gasteiger partial charge in [0.1, 0.15) is 10.6 Å². The standard InChI is InChI=1S/C25H25N3O2S2/c1-17-8-6-7-11-20(17)30-14-15-31-25-26-23-22(19-12-13-27(2)16-21(19)32-23)24(29)28(25)18-9-4-3-5-10-18/h3-11H,12-16H2,1-2H3. The minimum atomic E-state index is 0.0329. The first-order valence-corrected chi connectivity index (χ1v) is 12.5. The van der Waals surface area contributed by atoms with Gasteiger partial charge in [-0.1, -0.05) is 48.2 Å². The van der Waals surface area contributed by atoms with Gasteiger partial charge in [0.15, 0.2) is 5.16 Å². The Kier molecular flexibility index (Phi) is 6.04. The molecule has 0 N–H and O–H groups in total. The Hall–Kier alpha value is -2.61. The van der Waals surface area contributed by atoms with Crippen molar-refractivity contribution in [1.29, 1.82) is 0 Å². The first kappa shape index (κ1) is 21.2. The highest BCUT2D eigenvalue weighted by Gasteiger charge is 2.24. The van der Waals surface area contributed by atoms with Crippen molar-refractivity contribution in [3.8, 4) is 11.4 Å². The van der Waals surface area contributed by atoms with E-state index in [-0.39, 0.29) is 5.56 Å². The highest BCUT2D eigenvalue weighted by molar-refractivity contribution is 7.99. The maximum atomic E-state index is 13.7. The summed E-state index contributed by atoms with van der Waals surface area (Å²) in [4.78, 5) is 23.1. The van der Waals surface area contributed by atoms with Crippen LogP contribution in [0.25, 0.3) is 15.9 Å². The summed E-state index contributed by atoms with van der Waals surface area (Å²) >= 11 is 3.23. The summed E-state index contributed by atoms with van der Waals surface area (Å²) < 4.78 is 7.73. The van der Waals surface area contributed by atoms with E-state index in [0.717, 1.165) is 46.7 Å². The van der Waals surface area contributed by atoms with E-state index >= 15 is 0 Å². The number of aromatic nitrogens is 2. The number of hydrogen-bond donors (Lipinski definition) is 0. The third kappa shape index (κ3) is 4.08. The van der Waals surface area contributed by atoms with Crippen molar-refractivity contribution in [2.75, 3.05) is 26.0 Å². The highest BCUT2D eigenvalue weighted by atomic mass is 32.2. The summed E-state index contributed by atoms with van der Waals surface area (Å²) in [5.41, 5.74) is 3.18. The lowest BCUT2D eigenvalue weighted by Crippen LogP contribution is -2.27. The topological polar surface area (TPSA) is 47.4 Å². The molecule has 0 unspecified atom stereocenters. The zero-order chi connectivity index (χ0) is 22.1. The molecule has 2 aromatic heterocycles. The molecule has 2 aromatic carbocycles. The van der Waals surface area contributed by atoms with Gasteiger partial charge in [-0.05, 0) is 49.7 Å². The maximum absolute atomic E-state index is 13.7. The zero-order valence-corrected chi connectivity index (χ0v) is 19.8. The molecule has 7 heteroatoms. The number of benzene rings is 2. The molecular formula is C25H25N3O2S2. The third-order valence-electron chi connectivity index (χ3n) is 5.71. The van der Waals surface area contributed by atoms with E-state index < -0.39 is 0 Å². The van der Waals surface area contributed by atoms with E-state index in [4.69, 9.17) is 9.72 Å². The molecule has 164 valence electrons. The van der Waals surface area contributed by atoms with Crippen LogP contribution in [0, 0.1) is 6.92 Å². The van der Waals surface area contributed by atoms with Crippen LogP contribution in [0.2, 0.25) is 0 Å². The summed E-state index contributed by atoms with van der Waals surface area (Å²) in [6.07, 6.45) is 0.897. The molecule has 5 rings (SSSR count). The summed E-state index contributed by atoms with van der Waals surface area (Å²) in [5.74, 6) is 1.60. The molecule has 0 amide bonds. The first-order valence-electron chi connectivity index (χ1n) is 10.7. The normalized spacial score (nSPS) is 13.9. The van der Waals surface area contributed by atoms with Gasteiger partial charge in [-0.15, -0.1) is 11.3 Å². The van der Waals surface area contributed by atoms with Gasteiger partial charge in [0.2, 0.25) is 0 Å². The molecule has 0 radical (unpaired) electrons. The van der Waals surface area contributed by atoms with E-state index in [1.54, 1.807) is 27.7 Å². The van der Waals surface area contributed by atoms with Crippen LogP contribution in [-0.4, -0.2) is 40.4 Å². The van der Waals surface area contributed by atoms with Crippen LogP contribution >= 0.6 is 23.1 Å². The molecule has 0 fully saturated rings. The lowest BCUT2D eigenvalue weighted by molar-refractivity contribution is 0.318. The van der Waals surface area contributed by atoms with Crippen molar-refractivity contribution < 1.29 is 4.74 Å². The molecular weight excluding hydrogens is 438 g/mol. The Labute approximate surface area is 195 Å². The molecule has 0 saturated heterocycles. The average Bonchev–Trinajstić information content (AvgIpc) is 3.16. The number of aryl methyl sites for hydroxylation is 1. The second kappa shape index (κ2) is 9.10. The third-order valence-corrected chi connectivity index (χ3v) is 7.73. The molecule has 0 bridgehead atoms. The molecule has 1 aliphatic rings. The van der Waals surface area contributed by atoms with Crippen LogP contribution in [0.3, 0.4) is 0 Å². The van der Waals surface area contributed by atoms with E-state index in [0.29, 0.717) is 17.5 Å². The van der Waals surface area contributed by atoms with Crippen LogP contribution in [0.15, 0.2) is 64.5 Å². The van der Waals surface area contributed by atoms with Crippen molar-refractivity contribution in [3.63, 3.8) is 0 Å². The fraction of sp³-hybridized carbons (Fsp3) is 0.280. The number of ether oxygens (including phenoxy) is 1. The predicted molar refractivity (Wildman–Crippen MR) is 133 cm³/mol. The second-order valence-corrected chi connectivity index (χ2v) is 10.2. The smallest absolute Gasteiger partial charge is 0.267 e. The molecule has 0 spiro atoms. The second-order valence-electron chi connectivity index (χ2n) is 8.00. The number of hydrogen-bond acceptors (Lipinski definition) is 6. The van der Waals surface area contributed by atoms with E-state index in [1.165, 1.54) is 10.4 Å². The number of nitrogens with zero attached hydrogens (tertiary/aromatic N) is 3. The Bertz CT molecular complexity index is 1310. The van der Waals surface area contributed by atoms with Crippen LogP contribution < -0.4 is 10.3 Å². The average molecular weight is 464 g/mol. The lowest BCUT2D eigenvalue weighted by atomic mass is 10.1. The molecule has 3 heterocycles. The molecule has 1 aliphatic heterocycles. The predicted octanol–water partition coefficient (Wildman–Crippen LogP) is 4.91. The van der Waals surface area contributed by atoms with Gasteiger partial charge < -0.3 is 9.64 Å². The summed E-state index contributed by atoms with van der Waals surface area (Å²) in [5, 5.41) is 1.51. The molecule has 0 atom stereocenters. The largest absolute Gasteiger partial charge is 0.492 e. The van der Waals surface area contributed by atoms with Gasteiger partial charge in [-0.2, -0.15) is 0 Å². The van der Waals surface area contributed by atoms with E-state index in [9.17, 15) is 4.79 Å². The first-order chi connectivity index (χ1) is 15.6. The SMILES string of the molecule is Cc1ccccc1OCCSc1nc2sc3c(c2c(=O)n1-c1ccccc1)CCN(C)C3. The number of thiophene rings is 1. The van der Waals surface area contributed by atoms with Crippen LogP contribution in [-0.2, 0) is 13.0 Å². The van der Waals surface area contributed by atoms with Gasteiger partial charge in [-0.3, -0.25) is 9.36 Å². The van der Waals surface area contributed by atoms with Crippen molar-refractivity contribution in [1.82, 2.24) is 14.5 Å². The molecule has 4 aromatic rings. The number of fused-ring (bicyclic) bond motifs is 3. The Morgan fingerprint density at radius 2 is 1.91 bits per heavy atom. The molecule has 0 aliphatic carbocycles. The molecule has 32 heavy (non-hydrogen) atoms. The summed E-state index contributed by atoms with van der Waals surface area (Å²) in [7, 11) is 2.12. The van der Waals surface area contributed by atoms with Gasteiger partial charge in [0.25, 0.3) is 5.56 Å². The number of likely N-dealkylation sites (N-methyl/N-ethyl adjacent to an activating group) is 1.